The summed E-state index contributed by atoms with van der Waals surface area (Å²) in [6.07, 6.45) is 2.38. The Kier molecular flexibility index (Phi) is 5.49. The van der Waals surface area contributed by atoms with Gasteiger partial charge in [-0.15, -0.1) is 0 Å². The molecule has 0 atom stereocenters. The van der Waals surface area contributed by atoms with Gasteiger partial charge in [0.25, 0.3) is 11.6 Å². The molecule has 0 bridgehead atoms. The summed E-state index contributed by atoms with van der Waals surface area (Å²) in [5, 5.41) is 11.5. The second-order valence-corrected chi connectivity index (χ2v) is 6.11. The van der Waals surface area contributed by atoms with E-state index in [0.717, 1.165) is 16.9 Å². The molecular weight excluding hydrogens is 364 g/mol. The van der Waals surface area contributed by atoms with E-state index < -0.39 is 10.8 Å². The molecule has 0 spiro atoms. The monoisotopic (exact) mass is 384 g/mol. The van der Waals surface area contributed by atoms with Crippen molar-refractivity contribution in [3.05, 3.63) is 63.8 Å². The Labute approximate surface area is 162 Å². The van der Waals surface area contributed by atoms with Crippen LogP contribution in [0.1, 0.15) is 22.3 Å². The SMILES string of the molecule is COc1ccc(C2=CN(C(=O)c3cc(OC)c(OC)cc3[N+](=O)[O-])CC2)cc1. The van der Waals surface area contributed by atoms with Crippen LogP contribution in [0.5, 0.6) is 17.2 Å². The highest BCUT2D eigenvalue weighted by molar-refractivity contribution is 6.00. The van der Waals surface area contributed by atoms with Gasteiger partial charge in [-0.05, 0) is 29.7 Å². The highest BCUT2D eigenvalue weighted by Crippen LogP contribution is 2.36. The number of carbonyl (C=O) groups is 1. The van der Waals surface area contributed by atoms with Gasteiger partial charge in [-0.3, -0.25) is 14.9 Å². The number of rotatable bonds is 6. The van der Waals surface area contributed by atoms with Gasteiger partial charge in [0.15, 0.2) is 11.5 Å². The third-order valence-corrected chi connectivity index (χ3v) is 4.58. The molecule has 1 amide bonds. The average Bonchev–Trinajstić information content (AvgIpc) is 3.22. The van der Waals surface area contributed by atoms with Crippen LogP contribution in [-0.2, 0) is 0 Å². The van der Waals surface area contributed by atoms with Crippen molar-refractivity contribution in [2.75, 3.05) is 27.9 Å². The van der Waals surface area contributed by atoms with E-state index in [4.69, 9.17) is 14.2 Å². The Morgan fingerprint density at radius 3 is 2.25 bits per heavy atom. The fourth-order valence-electron chi connectivity index (χ4n) is 3.09. The van der Waals surface area contributed by atoms with Gasteiger partial charge >= 0.3 is 0 Å². The molecule has 0 aliphatic carbocycles. The predicted molar refractivity (Wildman–Crippen MR) is 103 cm³/mol. The summed E-state index contributed by atoms with van der Waals surface area (Å²) in [4.78, 5) is 25.3. The number of ether oxygens (including phenoxy) is 3. The number of carbonyl (C=O) groups excluding carboxylic acids is 1. The van der Waals surface area contributed by atoms with Crippen molar-refractivity contribution < 1.29 is 23.9 Å². The zero-order valence-electron chi connectivity index (χ0n) is 15.8. The Hall–Kier alpha value is -3.55. The average molecular weight is 384 g/mol. The topological polar surface area (TPSA) is 91.1 Å². The Bertz CT molecular complexity index is 936. The highest BCUT2D eigenvalue weighted by atomic mass is 16.6. The van der Waals surface area contributed by atoms with Gasteiger partial charge in [0.2, 0.25) is 0 Å². The fourth-order valence-corrected chi connectivity index (χ4v) is 3.09. The molecule has 0 radical (unpaired) electrons. The molecule has 2 aromatic rings. The highest BCUT2D eigenvalue weighted by Gasteiger charge is 2.29. The molecule has 3 rings (SSSR count). The number of hydrogen-bond donors (Lipinski definition) is 0. The minimum absolute atomic E-state index is 0.0464. The van der Waals surface area contributed by atoms with E-state index in [9.17, 15) is 14.9 Å². The maximum absolute atomic E-state index is 13.0. The van der Waals surface area contributed by atoms with E-state index in [1.807, 2.05) is 24.3 Å². The predicted octanol–water partition coefficient (Wildman–Crippen LogP) is 3.51. The van der Waals surface area contributed by atoms with Crippen LogP contribution in [0.4, 0.5) is 5.69 Å². The van der Waals surface area contributed by atoms with E-state index >= 15 is 0 Å². The summed E-state index contributed by atoms with van der Waals surface area (Å²) in [5.41, 5.74) is 1.57. The molecule has 8 nitrogen and oxygen atoms in total. The minimum Gasteiger partial charge on any atom is -0.497 e. The molecular formula is C20H20N2O6. The van der Waals surface area contributed by atoms with Crippen molar-refractivity contribution in [3.63, 3.8) is 0 Å². The van der Waals surface area contributed by atoms with Crippen molar-refractivity contribution >= 4 is 17.2 Å². The molecule has 0 fully saturated rings. The van der Waals surface area contributed by atoms with Crippen molar-refractivity contribution in [2.24, 2.45) is 0 Å². The normalized spacial score (nSPS) is 13.1. The lowest BCUT2D eigenvalue weighted by atomic mass is 10.1. The summed E-state index contributed by atoms with van der Waals surface area (Å²) in [6.45, 7) is 0.436. The smallest absolute Gasteiger partial charge is 0.286 e. The Morgan fingerprint density at radius 1 is 1.04 bits per heavy atom. The zero-order valence-corrected chi connectivity index (χ0v) is 15.8. The van der Waals surface area contributed by atoms with Gasteiger partial charge in [-0.25, -0.2) is 0 Å². The van der Waals surface area contributed by atoms with Crippen LogP contribution >= 0.6 is 0 Å². The van der Waals surface area contributed by atoms with Crippen LogP contribution < -0.4 is 14.2 Å². The van der Waals surface area contributed by atoms with Gasteiger partial charge in [0, 0.05) is 18.8 Å². The van der Waals surface area contributed by atoms with Crippen molar-refractivity contribution in [2.45, 2.75) is 6.42 Å². The molecule has 0 aromatic heterocycles. The summed E-state index contributed by atoms with van der Waals surface area (Å²) in [7, 11) is 4.39. The number of benzene rings is 2. The molecule has 1 aliphatic rings. The number of hydrogen-bond acceptors (Lipinski definition) is 6. The molecule has 1 aliphatic heterocycles. The first kappa shape index (κ1) is 19.2. The van der Waals surface area contributed by atoms with Crippen LogP contribution in [-0.4, -0.2) is 43.6 Å². The number of methoxy groups -OCH3 is 3. The van der Waals surface area contributed by atoms with Gasteiger partial charge in [-0.1, -0.05) is 12.1 Å². The Balaban J connectivity index is 1.93. The summed E-state index contributed by atoms with van der Waals surface area (Å²) >= 11 is 0. The molecule has 0 N–H and O–H groups in total. The summed E-state index contributed by atoms with van der Waals surface area (Å²) in [5.74, 6) is 0.740. The van der Waals surface area contributed by atoms with Crippen LogP contribution in [0.2, 0.25) is 0 Å². The van der Waals surface area contributed by atoms with Gasteiger partial charge in [-0.2, -0.15) is 0 Å². The molecule has 2 aromatic carbocycles. The lowest BCUT2D eigenvalue weighted by Crippen LogP contribution is -2.24. The number of nitro groups is 1. The molecule has 28 heavy (non-hydrogen) atoms. The first-order chi connectivity index (χ1) is 13.5. The molecule has 0 unspecified atom stereocenters. The largest absolute Gasteiger partial charge is 0.497 e. The van der Waals surface area contributed by atoms with Gasteiger partial charge in [0.05, 0.1) is 32.3 Å². The summed E-state index contributed by atoms with van der Waals surface area (Å²) < 4.78 is 15.5. The minimum atomic E-state index is -0.598. The van der Waals surface area contributed by atoms with Crippen LogP contribution in [0.3, 0.4) is 0 Å². The maximum Gasteiger partial charge on any atom is 0.286 e. The zero-order chi connectivity index (χ0) is 20.3. The van der Waals surface area contributed by atoms with Crippen LogP contribution in [0.15, 0.2) is 42.6 Å². The van der Waals surface area contributed by atoms with Crippen LogP contribution in [0.25, 0.3) is 5.57 Å². The molecule has 0 saturated heterocycles. The first-order valence-corrected chi connectivity index (χ1v) is 8.55. The fraction of sp³-hybridized carbons (Fsp3) is 0.250. The van der Waals surface area contributed by atoms with E-state index in [1.165, 1.54) is 31.3 Å². The number of amides is 1. The maximum atomic E-state index is 13.0. The van der Waals surface area contributed by atoms with Gasteiger partial charge in [0.1, 0.15) is 11.3 Å². The second kappa shape index (κ2) is 7.99. The number of nitro benzene ring substituents is 1. The molecule has 1 heterocycles. The lowest BCUT2D eigenvalue weighted by molar-refractivity contribution is -0.385. The third kappa shape index (κ3) is 3.62. The van der Waals surface area contributed by atoms with Gasteiger partial charge < -0.3 is 19.1 Å². The molecule has 8 heteroatoms. The van der Waals surface area contributed by atoms with Crippen molar-refractivity contribution in [1.29, 1.82) is 0 Å². The van der Waals surface area contributed by atoms with E-state index in [2.05, 4.69) is 0 Å². The van der Waals surface area contributed by atoms with E-state index in [1.54, 1.807) is 13.3 Å². The van der Waals surface area contributed by atoms with E-state index in [-0.39, 0.29) is 22.7 Å². The second-order valence-electron chi connectivity index (χ2n) is 6.11. The number of nitrogens with zero attached hydrogens (tertiary/aromatic N) is 2. The standard InChI is InChI=1S/C20H20N2O6/c1-26-15-6-4-13(5-7-15)14-8-9-21(12-14)20(23)16-10-18(27-2)19(28-3)11-17(16)22(24)25/h4-7,10-12H,8-9H2,1-3H3. The lowest BCUT2D eigenvalue weighted by Gasteiger charge is -2.15. The van der Waals surface area contributed by atoms with Crippen molar-refractivity contribution in [3.8, 4) is 17.2 Å². The quantitative estimate of drug-likeness (QED) is 0.559. The van der Waals surface area contributed by atoms with Crippen molar-refractivity contribution in [1.82, 2.24) is 4.90 Å². The first-order valence-electron chi connectivity index (χ1n) is 8.55. The Morgan fingerprint density at radius 2 is 1.68 bits per heavy atom. The summed E-state index contributed by atoms with van der Waals surface area (Å²) in [6, 6.07) is 10.1. The van der Waals surface area contributed by atoms with E-state index in [0.29, 0.717) is 13.0 Å². The molecule has 0 saturated carbocycles. The van der Waals surface area contributed by atoms with Crippen LogP contribution in [0, 0.1) is 10.1 Å². The molecule has 146 valence electrons. The third-order valence-electron chi connectivity index (χ3n) is 4.58.